The summed E-state index contributed by atoms with van der Waals surface area (Å²) in [4.78, 5) is 38.3. The Labute approximate surface area is 204 Å². The second kappa shape index (κ2) is 10.0. The highest BCUT2D eigenvalue weighted by Gasteiger charge is 2.39. The first-order chi connectivity index (χ1) is 16.4. The maximum Gasteiger partial charge on any atom is 0.421 e. The molecule has 0 saturated carbocycles. The van der Waals surface area contributed by atoms with E-state index in [1.165, 1.54) is 7.11 Å². The second-order valence-corrected chi connectivity index (χ2v) is 8.73. The van der Waals surface area contributed by atoms with Crippen molar-refractivity contribution in [1.82, 2.24) is 0 Å². The average molecular weight is 521 g/mol. The summed E-state index contributed by atoms with van der Waals surface area (Å²) in [6.07, 6.45) is -0.550. The number of carbonyl (C=O) groups excluding carboxylic acids is 2. The van der Waals surface area contributed by atoms with E-state index >= 15 is 0 Å². The van der Waals surface area contributed by atoms with Gasteiger partial charge < -0.3 is 4.74 Å². The molecule has 1 atom stereocenters. The molecule has 4 rings (SSSR count). The third-order valence-electron chi connectivity index (χ3n) is 5.77. The highest BCUT2D eigenvalue weighted by molar-refractivity contribution is 9.10. The molecule has 0 saturated heterocycles. The van der Waals surface area contributed by atoms with E-state index in [4.69, 9.17) is 4.74 Å². The number of hydrogen-bond donors (Lipinski definition) is 0. The fraction of sp³-hybridized carbons (Fsp3) is 0.154. The molecule has 1 aliphatic heterocycles. The number of amides is 2. The molecule has 1 aliphatic rings. The van der Waals surface area contributed by atoms with Gasteiger partial charge in [-0.1, -0.05) is 76.6 Å². The summed E-state index contributed by atoms with van der Waals surface area (Å²) < 4.78 is 5.73. The number of imide groups is 1. The number of nitro groups is 1. The van der Waals surface area contributed by atoms with E-state index in [1.54, 1.807) is 24.3 Å². The number of ether oxygens (including phenoxy) is 1. The van der Waals surface area contributed by atoms with Gasteiger partial charge >= 0.3 is 6.09 Å². The summed E-state index contributed by atoms with van der Waals surface area (Å²) in [6.45, 7) is -0.304. The van der Waals surface area contributed by atoms with Gasteiger partial charge in [-0.15, -0.1) is 0 Å². The lowest BCUT2D eigenvalue weighted by Crippen LogP contribution is -2.33. The SMILES string of the molecule is COC(=O)N1C(=O)/C(=C(\C[C@@H](C[N+](=O)[O-])c2ccc(Br)cc2)c2ccccc2)c2ccccc21. The van der Waals surface area contributed by atoms with Crippen molar-refractivity contribution >= 4 is 44.8 Å². The Morgan fingerprint density at radius 2 is 1.68 bits per heavy atom. The molecule has 8 heteroatoms. The van der Waals surface area contributed by atoms with Gasteiger partial charge in [-0.3, -0.25) is 14.9 Å². The van der Waals surface area contributed by atoms with E-state index in [0.717, 1.165) is 20.5 Å². The molecule has 3 aromatic carbocycles. The van der Waals surface area contributed by atoms with Crippen LogP contribution in [0.15, 0.2) is 83.3 Å². The third-order valence-corrected chi connectivity index (χ3v) is 6.30. The van der Waals surface area contributed by atoms with Crippen LogP contribution in [0.2, 0.25) is 0 Å². The number of fused-ring (bicyclic) bond motifs is 1. The highest BCUT2D eigenvalue weighted by atomic mass is 79.9. The van der Waals surface area contributed by atoms with Crippen molar-refractivity contribution in [2.45, 2.75) is 12.3 Å². The van der Waals surface area contributed by atoms with Crippen molar-refractivity contribution in [2.24, 2.45) is 0 Å². The number of allylic oxidation sites excluding steroid dienone is 1. The summed E-state index contributed by atoms with van der Waals surface area (Å²) in [5, 5.41) is 11.6. The van der Waals surface area contributed by atoms with Crippen LogP contribution in [0.1, 0.15) is 29.0 Å². The van der Waals surface area contributed by atoms with Gasteiger partial charge in [-0.2, -0.15) is 0 Å². The van der Waals surface area contributed by atoms with Crippen LogP contribution in [0.3, 0.4) is 0 Å². The van der Waals surface area contributed by atoms with Crippen LogP contribution < -0.4 is 4.90 Å². The summed E-state index contributed by atoms with van der Waals surface area (Å²) in [5.41, 5.74) is 3.55. The first kappa shape index (κ1) is 23.4. The number of anilines is 1. The van der Waals surface area contributed by atoms with Gasteiger partial charge in [0, 0.05) is 15.0 Å². The van der Waals surface area contributed by atoms with E-state index < -0.39 is 17.9 Å². The number of para-hydroxylation sites is 1. The van der Waals surface area contributed by atoms with Crippen LogP contribution in [0.25, 0.3) is 11.1 Å². The molecule has 1 heterocycles. The first-order valence-corrected chi connectivity index (χ1v) is 11.4. The van der Waals surface area contributed by atoms with E-state index in [1.807, 2.05) is 54.6 Å². The van der Waals surface area contributed by atoms with Gasteiger partial charge in [0.2, 0.25) is 6.54 Å². The number of rotatable bonds is 6. The zero-order valence-electron chi connectivity index (χ0n) is 18.3. The maximum atomic E-state index is 13.6. The largest absolute Gasteiger partial charge is 0.452 e. The van der Waals surface area contributed by atoms with Crippen molar-refractivity contribution < 1.29 is 19.2 Å². The lowest BCUT2D eigenvalue weighted by atomic mass is 9.85. The molecule has 0 fully saturated rings. The van der Waals surface area contributed by atoms with E-state index in [0.29, 0.717) is 22.4 Å². The molecule has 0 aliphatic carbocycles. The minimum atomic E-state index is -0.783. The van der Waals surface area contributed by atoms with Crippen LogP contribution in [0, 0.1) is 10.1 Å². The van der Waals surface area contributed by atoms with Gasteiger partial charge in [-0.05, 0) is 41.3 Å². The van der Waals surface area contributed by atoms with Crippen LogP contribution in [-0.4, -0.2) is 30.6 Å². The van der Waals surface area contributed by atoms with Gasteiger partial charge in [0.25, 0.3) is 5.91 Å². The number of nitrogens with zero attached hydrogens (tertiary/aromatic N) is 2. The average Bonchev–Trinajstić information content (AvgIpc) is 3.13. The van der Waals surface area contributed by atoms with Crippen LogP contribution in [-0.2, 0) is 9.53 Å². The highest BCUT2D eigenvalue weighted by Crippen LogP contribution is 2.44. The van der Waals surface area contributed by atoms with Gasteiger partial charge in [-0.25, -0.2) is 9.69 Å². The predicted octanol–water partition coefficient (Wildman–Crippen LogP) is 5.92. The van der Waals surface area contributed by atoms with Crippen molar-refractivity contribution in [1.29, 1.82) is 0 Å². The van der Waals surface area contributed by atoms with Crippen LogP contribution in [0.4, 0.5) is 10.5 Å². The summed E-state index contributed by atoms with van der Waals surface area (Å²) in [6, 6.07) is 23.6. The fourth-order valence-corrected chi connectivity index (χ4v) is 4.50. The third kappa shape index (κ3) is 4.63. The Morgan fingerprint density at radius 1 is 1.03 bits per heavy atom. The Balaban J connectivity index is 1.91. The summed E-state index contributed by atoms with van der Waals surface area (Å²) in [7, 11) is 1.22. The molecule has 2 amide bonds. The van der Waals surface area contributed by atoms with Crippen molar-refractivity contribution in [2.75, 3.05) is 18.6 Å². The molecule has 0 unspecified atom stereocenters. The fourth-order valence-electron chi connectivity index (χ4n) is 4.23. The standard InChI is InChI=1S/C26H21BrN2O5/c1-34-26(31)29-23-10-6-5-9-21(23)24(25(29)30)22(18-7-3-2-4-8-18)15-19(16-28(32)33)17-11-13-20(27)14-12-17/h2-14,19H,15-16H2,1H3/b24-22+/t19-/m0/s1. The molecule has 0 aromatic heterocycles. The van der Waals surface area contributed by atoms with Crippen molar-refractivity contribution in [3.63, 3.8) is 0 Å². The lowest BCUT2D eigenvalue weighted by molar-refractivity contribution is -0.483. The molecule has 0 bridgehead atoms. The zero-order valence-corrected chi connectivity index (χ0v) is 19.9. The van der Waals surface area contributed by atoms with Crippen LogP contribution >= 0.6 is 15.9 Å². The molecule has 0 N–H and O–H groups in total. The molecular formula is C26H21BrN2O5. The summed E-state index contributed by atoms with van der Waals surface area (Å²) in [5.74, 6) is -1.000. The minimum absolute atomic E-state index is 0.233. The number of methoxy groups -OCH3 is 1. The normalized spacial score (nSPS) is 15.0. The van der Waals surface area contributed by atoms with Gasteiger partial charge in [0.1, 0.15) is 0 Å². The number of hydrogen-bond acceptors (Lipinski definition) is 5. The molecular weight excluding hydrogens is 500 g/mol. The molecule has 0 radical (unpaired) electrons. The van der Waals surface area contributed by atoms with Crippen molar-refractivity contribution in [3.8, 4) is 0 Å². The van der Waals surface area contributed by atoms with Crippen LogP contribution in [0.5, 0.6) is 0 Å². The van der Waals surface area contributed by atoms with Gasteiger partial charge in [0.15, 0.2) is 0 Å². The molecule has 34 heavy (non-hydrogen) atoms. The smallest absolute Gasteiger partial charge is 0.421 e. The lowest BCUT2D eigenvalue weighted by Gasteiger charge is -2.19. The van der Waals surface area contributed by atoms with Crippen molar-refractivity contribution in [3.05, 3.63) is 110 Å². The predicted molar refractivity (Wildman–Crippen MR) is 133 cm³/mol. The summed E-state index contributed by atoms with van der Waals surface area (Å²) >= 11 is 3.40. The quantitative estimate of drug-likeness (QED) is 0.228. The van der Waals surface area contributed by atoms with Gasteiger partial charge in [0.05, 0.1) is 24.3 Å². The van der Waals surface area contributed by atoms with E-state index in [-0.39, 0.29) is 17.9 Å². The monoisotopic (exact) mass is 520 g/mol. The Bertz CT molecular complexity index is 1270. The Morgan fingerprint density at radius 3 is 2.32 bits per heavy atom. The molecule has 3 aromatic rings. The zero-order chi connectivity index (χ0) is 24.2. The topological polar surface area (TPSA) is 89.8 Å². The number of halogens is 1. The maximum absolute atomic E-state index is 13.6. The Kier molecular flexibility index (Phi) is 6.88. The molecule has 7 nitrogen and oxygen atoms in total. The number of benzene rings is 3. The Hall–Kier alpha value is -3.78. The first-order valence-electron chi connectivity index (χ1n) is 10.6. The second-order valence-electron chi connectivity index (χ2n) is 7.82. The van der Waals surface area contributed by atoms with E-state index in [2.05, 4.69) is 15.9 Å². The molecule has 0 spiro atoms. The molecule has 172 valence electrons. The number of carbonyl (C=O) groups is 2. The minimum Gasteiger partial charge on any atom is -0.452 e. The van der Waals surface area contributed by atoms with E-state index in [9.17, 15) is 19.7 Å².